The van der Waals surface area contributed by atoms with Crippen molar-refractivity contribution in [2.45, 2.75) is 32.7 Å². The van der Waals surface area contributed by atoms with Crippen LogP contribution >= 0.6 is 11.3 Å². The fraction of sp³-hybridized carbons (Fsp3) is 0.417. The van der Waals surface area contributed by atoms with Gasteiger partial charge < -0.3 is 10.3 Å². The number of anilines is 1. The number of nitrogens with zero attached hydrogens (tertiary/aromatic N) is 3. The van der Waals surface area contributed by atoms with Crippen LogP contribution in [0.2, 0.25) is 0 Å². The Morgan fingerprint density at radius 1 is 1.39 bits per heavy atom. The van der Waals surface area contributed by atoms with E-state index in [1.165, 1.54) is 11.3 Å². The molecule has 5 nitrogen and oxygen atoms in total. The smallest absolute Gasteiger partial charge is 0.260 e. The molecule has 0 amide bonds. The van der Waals surface area contributed by atoms with Crippen LogP contribution in [0.15, 0.2) is 23.1 Å². The van der Waals surface area contributed by atoms with Crippen molar-refractivity contribution < 1.29 is 0 Å². The van der Waals surface area contributed by atoms with Crippen molar-refractivity contribution in [2.75, 3.05) is 5.73 Å². The summed E-state index contributed by atoms with van der Waals surface area (Å²) in [5.41, 5.74) is 6.09. The molecule has 0 spiro atoms. The first kappa shape index (κ1) is 12.8. The van der Waals surface area contributed by atoms with Crippen molar-refractivity contribution in [2.24, 2.45) is 0 Å². The second-order valence-corrected chi connectivity index (χ2v) is 5.08. The molecule has 0 aliphatic heterocycles. The zero-order valence-electron chi connectivity index (χ0n) is 10.3. The fourth-order valence-corrected chi connectivity index (χ4v) is 2.38. The zero-order chi connectivity index (χ0) is 13.0. The normalized spacial score (nSPS) is 10.7. The minimum absolute atomic E-state index is 0.0234. The van der Waals surface area contributed by atoms with Gasteiger partial charge in [0.25, 0.3) is 5.56 Å². The maximum atomic E-state index is 12.2. The lowest BCUT2D eigenvalue weighted by molar-refractivity contribution is 0.588. The molecule has 0 bridgehead atoms. The lowest BCUT2D eigenvalue weighted by Crippen LogP contribution is -2.20. The second-order valence-electron chi connectivity index (χ2n) is 4.07. The predicted molar refractivity (Wildman–Crippen MR) is 73.5 cm³/mol. The van der Waals surface area contributed by atoms with Gasteiger partial charge in [-0.15, -0.1) is 10.2 Å². The van der Waals surface area contributed by atoms with Gasteiger partial charge in [0.05, 0.1) is 5.56 Å². The third-order valence-electron chi connectivity index (χ3n) is 2.69. The molecule has 2 aromatic rings. The zero-order valence-corrected chi connectivity index (χ0v) is 11.1. The molecule has 6 heteroatoms. The van der Waals surface area contributed by atoms with E-state index in [9.17, 15) is 4.79 Å². The Morgan fingerprint density at radius 2 is 2.22 bits per heavy atom. The molecule has 0 atom stereocenters. The van der Waals surface area contributed by atoms with Gasteiger partial charge in [-0.2, -0.15) is 0 Å². The summed E-state index contributed by atoms with van der Waals surface area (Å²) in [4.78, 5) is 12.2. The second kappa shape index (κ2) is 5.77. The van der Waals surface area contributed by atoms with Crippen molar-refractivity contribution in [3.8, 4) is 10.6 Å². The predicted octanol–water partition coefficient (Wildman–Crippen LogP) is 2.14. The first-order valence-corrected chi connectivity index (χ1v) is 6.83. The molecule has 18 heavy (non-hydrogen) atoms. The molecule has 2 heterocycles. The van der Waals surface area contributed by atoms with Crippen molar-refractivity contribution in [3.05, 3.63) is 28.7 Å². The molecule has 0 radical (unpaired) electrons. The number of unbranched alkanes of at least 4 members (excludes halogenated alkanes) is 2. The van der Waals surface area contributed by atoms with Gasteiger partial charge >= 0.3 is 0 Å². The van der Waals surface area contributed by atoms with E-state index in [0.29, 0.717) is 15.7 Å². The van der Waals surface area contributed by atoms with E-state index in [0.717, 1.165) is 25.8 Å². The monoisotopic (exact) mass is 264 g/mol. The number of rotatable bonds is 5. The van der Waals surface area contributed by atoms with Crippen molar-refractivity contribution in [1.29, 1.82) is 0 Å². The highest BCUT2D eigenvalue weighted by molar-refractivity contribution is 7.18. The van der Waals surface area contributed by atoms with Gasteiger partial charge in [-0.25, -0.2) is 0 Å². The van der Waals surface area contributed by atoms with E-state index in [2.05, 4.69) is 17.1 Å². The number of nitrogen functional groups attached to an aromatic ring is 1. The van der Waals surface area contributed by atoms with Gasteiger partial charge in [-0.1, -0.05) is 31.1 Å². The number of pyridine rings is 1. The molecule has 2 N–H and O–H groups in total. The van der Waals surface area contributed by atoms with Gasteiger partial charge in [-0.3, -0.25) is 4.79 Å². The number of aryl methyl sites for hydroxylation is 1. The standard InChI is InChI=1S/C12H16N4OS/c1-2-3-4-7-16-8-5-6-9(11(16)17)10-14-15-12(13)18-10/h5-6,8H,2-4,7H2,1H3,(H2,13,15). The van der Waals surface area contributed by atoms with Crippen LogP contribution < -0.4 is 11.3 Å². The Bertz CT molecular complexity index is 575. The third-order valence-corrected chi connectivity index (χ3v) is 3.48. The molecule has 0 fully saturated rings. The van der Waals surface area contributed by atoms with Gasteiger partial charge in [0.2, 0.25) is 5.13 Å². The summed E-state index contributed by atoms with van der Waals surface area (Å²) in [5.74, 6) is 0. The first-order valence-electron chi connectivity index (χ1n) is 6.01. The van der Waals surface area contributed by atoms with Crippen LogP contribution in [-0.4, -0.2) is 14.8 Å². The van der Waals surface area contributed by atoms with E-state index < -0.39 is 0 Å². The van der Waals surface area contributed by atoms with E-state index >= 15 is 0 Å². The lowest BCUT2D eigenvalue weighted by Gasteiger charge is -2.05. The highest BCUT2D eigenvalue weighted by Gasteiger charge is 2.10. The van der Waals surface area contributed by atoms with E-state index in [1.54, 1.807) is 10.6 Å². The summed E-state index contributed by atoms with van der Waals surface area (Å²) in [7, 11) is 0. The molecule has 0 saturated heterocycles. The van der Waals surface area contributed by atoms with Crippen LogP contribution in [0.1, 0.15) is 26.2 Å². The van der Waals surface area contributed by atoms with Gasteiger partial charge in [0, 0.05) is 12.7 Å². The Hall–Kier alpha value is -1.69. The van der Waals surface area contributed by atoms with Crippen molar-refractivity contribution >= 4 is 16.5 Å². The molecular formula is C12H16N4OS. The highest BCUT2D eigenvalue weighted by atomic mass is 32.1. The number of hydrogen-bond donors (Lipinski definition) is 1. The summed E-state index contributed by atoms with van der Waals surface area (Å²) in [6.45, 7) is 2.89. The summed E-state index contributed by atoms with van der Waals surface area (Å²) in [5, 5.41) is 8.62. The first-order chi connectivity index (χ1) is 8.72. The Labute approximate surface area is 109 Å². The molecular weight excluding hydrogens is 248 g/mol. The Kier molecular flexibility index (Phi) is 4.09. The maximum Gasteiger partial charge on any atom is 0.260 e. The Balaban J connectivity index is 2.27. The molecule has 0 unspecified atom stereocenters. The van der Waals surface area contributed by atoms with Crippen molar-refractivity contribution in [3.63, 3.8) is 0 Å². The van der Waals surface area contributed by atoms with Gasteiger partial charge in [0.1, 0.15) is 0 Å². The van der Waals surface area contributed by atoms with E-state index in [-0.39, 0.29) is 5.56 Å². The molecule has 96 valence electrons. The molecule has 0 aromatic carbocycles. The van der Waals surface area contributed by atoms with Crippen LogP contribution in [0.25, 0.3) is 10.6 Å². The third kappa shape index (κ3) is 2.76. The largest absolute Gasteiger partial charge is 0.374 e. The summed E-state index contributed by atoms with van der Waals surface area (Å²) >= 11 is 1.23. The molecule has 0 aliphatic rings. The SMILES string of the molecule is CCCCCn1cccc(-c2nnc(N)s2)c1=O. The molecule has 0 saturated carbocycles. The van der Waals surface area contributed by atoms with E-state index in [4.69, 9.17) is 5.73 Å². The quantitative estimate of drug-likeness (QED) is 0.840. The number of nitrogens with two attached hydrogens (primary N) is 1. The summed E-state index contributed by atoms with van der Waals surface area (Å²) in [6.07, 6.45) is 5.09. The number of aromatic nitrogens is 3. The summed E-state index contributed by atoms with van der Waals surface area (Å²) < 4.78 is 1.72. The minimum atomic E-state index is -0.0234. The van der Waals surface area contributed by atoms with Crippen LogP contribution in [0.4, 0.5) is 5.13 Å². The van der Waals surface area contributed by atoms with Crippen molar-refractivity contribution in [1.82, 2.24) is 14.8 Å². The molecule has 2 aromatic heterocycles. The highest BCUT2D eigenvalue weighted by Crippen LogP contribution is 2.21. The topological polar surface area (TPSA) is 73.8 Å². The van der Waals surface area contributed by atoms with Crippen LogP contribution in [0.5, 0.6) is 0 Å². The summed E-state index contributed by atoms with van der Waals surface area (Å²) in [6, 6.07) is 3.62. The maximum absolute atomic E-state index is 12.2. The fourth-order valence-electron chi connectivity index (χ4n) is 1.75. The minimum Gasteiger partial charge on any atom is -0.374 e. The lowest BCUT2D eigenvalue weighted by atomic mass is 10.2. The van der Waals surface area contributed by atoms with Gasteiger partial charge in [0.15, 0.2) is 5.01 Å². The van der Waals surface area contributed by atoms with E-state index in [1.807, 2.05) is 12.3 Å². The average molecular weight is 264 g/mol. The van der Waals surface area contributed by atoms with Crippen LogP contribution in [0, 0.1) is 0 Å². The Morgan fingerprint density at radius 3 is 2.89 bits per heavy atom. The van der Waals surface area contributed by atoms with Gasteiger partial charge in [-0.05, 0) is 18.6 Å². The van der Waals surface area contributed by atoms with Crippen LogP contribution in [0.3, 0.4) is 0 Å². The average Bonchev–Trinajstić information content (AvgIpc) is 2.78. The molecule has 2 rings (SSSR count). The number of hydrogen-bond acceptors (Lipinski definition) is 5. The van der Waals surface area contributed by atoms with Crippen LogP contribution in [-0.2, 0) is 6.54 Å². The molecule has 0 aliphatic carbocycles.